The molecular weight excluding hydrogens is 460 g/mol. The number of morpholine rings is 1. The molecule has 1 aliphatic rings. The maximum Gasteiger partial charge on any atom is 0.338 e. The Kier molecular flexibility index (Phi) is 8.08. The molecule has 1 aliphatic heterocycles. The summed E-state index contributed by atoms with van der Waals surface area (Å²) >= 11 is 6.01. The highest BCUT2D eigenvalue weighted by Crippen LogP contribution is 2.30. The summed E-state index contributed by atoms with van der Waals surface area (Å²) in [5, 5.41) is 2.86. The first-order chi connectivity index (χ1) is 15.3. The quantitative estimate of drug-likeness (QED) is 0.575. The Morgan fingerprint density at radius 1 is 1.12 bits per heavy atom. The van der Waals surface area contributed by atoms with Crippen molar-refractivity contribution in [1.29, 1.82) is 0 Å². The molecule has 1 amide bonds. The van der Waals surface area contributed by atoms with Gasteiger partial charge in [0.25, 0.3) is 5.91 Å². The highest BCUT2D eigenvalue weighted by atomic mass is 35.5. The molecule has 0 unspecified atom stereocenters. The van der Waals surface area contributed by atoms with Crippen molar-refractivity contribution in [3.05, 3.63) is 53.1 Å². The van der Waals surface area contributed by atoms with Gasteiger partial charge in [0, 0.05) is 23.8 Å². The second kappa shape index (κ2) is 10.8. The van der Waals surface area contributed by atoms with Crippen LogP contribution in [0.4, 0.5) is 5.69 Å². The fraction of sp³-hybridized carbons (Fsp3) is 0.333. The van der Waals surface area contributed by atoms with Crippen molar-refractivity contribution in [3.63, 3.8) is 0 Å². The van der Waals surface area contributed by atoms with Gasteiger partial charge in [-0.15, -0.1) is 0 Å². The molecular formula is C21H23ClN2O7S. The molecule has 1 heterocycles. The van der Waals surface area contributed by atoms with Gasteiger partial charge >= 0.3 is 5.97 Å². The lowest BCUT2D eigenvalue weighted by Crippen LogP contribution is -2.40. The van der Waals surface area contributed by atoms with Crippen molar-refractivity contribution in [2.75, 3.05) is 44.8 Å². The number of nitrogens with one attached hydrogen (secondary N) is 1. The predicted molar refractivity (Wildman–Crippen MR) is 118 cm³/mol. The highest BCUT2D eigenvalue weighted by Gasteiger charge is 2.29. The number of esters is 1. The fourth-order valence-electron chi connectivity index (χ4n) is 2.97. The lowest BCUT2D eigenvalue weighted by Gasteiger charge is -2.26. The van der Waals surface area contributed by atoms with Crippen LogP contribution in [-0.2, 0) is 24.3 Å². The summed E-state index contributed by atoms with van der Waals surface area (Å²) in [7, 11) is -3.87. The molecule has 0 bridgehead atoms. The summed E-state index contributed by atoms with van der Waals surface area (Å²) in [5.41, 5.74) is 0.809. The van der Waals surface area contributed by atoms with E-state index in [1.165, 1.54) is 34.6 Å². The predicted octanol–water partition coefficient (Wildman–Crippen LogP) is 2.56. The van der Waals surface area contributed by atoms with Crippen LogP contribution in [0.25, 0.3) is 0 Å². The van der Waals surface area contributed by atoms with Gasteiger partial charge in [-0.1, -0.05) is 11.6 Å². The topological polar surface area (TPSA) is 111 Å². The zero-order valence-corrected chi connectivity index (χ0v) is 18.9. The molecule has 32 heavy (non-hydrogen) atoms. The molecule has 1 N–H and O–H groups in total. The van der Waals surface area contributed by atoms with Gasteiger partial charge in [0.1, 0.15) is 10.6 Å². The van der Waals surface area contributed by atoms with E-state index in [1.807, 2.05) is 0 Å². The Hall–Kier alpha value is -2.66. The Labute approximate surface area is 191 Å². The normalized spacial score (nSPS) is 14.6. The first-order valence-corrected chi connectivity index (χ1v) is 11.7. The third-order valence-electron chi connectivity index (χ3n) is 4.53. The molecule has 0 aromatic heterocycles. The van der Waals surface area contributed by atoms with Gasteiger partial charge in [-0.25, -0.2) is 13.2 Å². The summed E-state index contributed by atoms with van der Waals surface area (Å²) in [5.74, 6) is -0.933. The summed E-state index contributed by atoms with van der Waals surface area (Å²) in [6, 6.07) is 10.4. The summed E-state index contributed by atoms with van der Waals surface area (Å²) in [6.45, 7) is 2.59. The lowest BCUT2D eigenvalue weighted by molar-refractivity contribution is -0.118. The number of hydrogen-bond donors (Lipinski definition) is 1. The van der Waals surface area contributed by atoms with Crippen molar-refractivity contribution < 1.29 is 32.2 Å². The standard InChI is InChI=1S/C21H23ClN2O7S/c1-2-30-21(26)15-3-6-17(7-4-15)23-20(25)14-31-18-8-5-16(22)13-19(18)32(27,28)24-9-11-29-12-10-24/h3-8,13H,2,9-12,14H2,1H3,(H,23,25). The molecule has 0 saturated carbocycles. The number of nitrogens with zero attached hydrogens (tertiary/aromatic N) is 1. The Morgan fingerprint density at radius 2 is 1.81 bits per heavy atom. The Morgan fingerprint density at radius 3 is 2.47 bits per heavy atom. The first-order valence-electron chi connectivity index (χ1n) is 9.88. The number of carbonyl (C=O) groups is 2. The molecule has 2 aromatic carbocycles. The zero-order valence-electron chi connectivity index (χ0n) is 17.4. The van der Waals surface area contributed by atoms with E-state index in [9.17, 15) is 18.0 Å². The number of carbonyl (C=O) groups excluding carboxylic acids is 2. The zero-order chi connectivity index (χ0) is 23.1. The number of hydrogen-bond acceptors (Lipinski definition) is 7. The molecule has 3 rings (SSSR count). The van der Waals surface area contributed by atoms with E-state index in [0.29, 0.717) is 24.5 Å². The van der Waals surface area contributed by atoms with E-state index < -0.39 is 28.5 Å². The van der Waals surface area contributed by atoms with E-state index in [4.69, 9.17) is 25.8 Å². The van der Waals surface area contributed by atoms with E-state index in [0.717, 1.165) is 0 Å². The number of sulfonamides is 1. The number of halogens is 1. The number of rotatable bonds is 8. The SMILES string of the molecule is CCOC(=O)c1ccc(NC(=O)COc2ccc(Cl)cc2S(=O)(=O)N2CCOCC2)cc1. The minimum atomic E-state index is -3.87. The van der Waals surface area contributed by atoms with Gasteiger partial charge in [-0.2, -0.15) is 4.31 Å². The van der Waals surface area contributed by atoms with Crippen LogP contribution in [0.3, 0.4) is 0 Å². The summed E-state index contributed by atoms with van der Waals surface area (Å²) < 4.78 is 43.0. The molecule has 0 aliphatic carbocycles. The van der Waals surface area contributed by atoms with Gasteiger partial charge in [0.05, 0.1) is 25.4 Å². The second-order valence-electron chi connectivity index (χ2n) is 6.74. The van der Waals surface area contributed by atoms with Crippen molar-refractivity contribution in [2.24, 2.45) is 0 Å². The Balaban J connectivity index is 1.66. The van der Waals surface area contributed by atoms with Gasteiger partial charge in [0.2, 0.25) is 10.0 Å². The van der Waals surface area contributed by atoms with Crippen LogP contribution < -0.4 is 10.1 Å². The molecule has 0 atom stereocenters. The average molecular weight is 483 g/mol. The number of benzene rings is 2. The van der Waals surface area contributed by atoms with Crippen molar-refractivity contribution >= 4 is 39.2 Å². The highest BCUT2D eigenvalue weighted by molar-refractivity contribution is 7.89. The van der Waals surface area contributed by atoms with E-state index in [2.05, 4.69) is 5.32 Å². The van der Waals surface area contributed by atoms with E-state index >= 15 is 0 Å². The molecule has 2 aromatic rings. The van der Waals surface area contributed by atoms with Crippen LogP contribution in [0.15, 0.2) is 47.4 Å². The van der Waals surface area contributed by atoms with Crippen LogP contribution in [0.5, 0.6) is 5.75 Å². The number of anilines is 1. The molecule has 0 spiro atoms. The third kappa shape index (κ3) is 5.98. The Bertz CT molecular complexity index is 1070. The van der Waals surface area contributed by atoms with Crippen LogP contribution in [0, 0.1) is 0 Å². The monoisotopic (exact) mass is 482 g/mol. The molecule has 0 radical (unpaired) electrons. The summed E-state index contributed by atoms with van der Waals surface area (Å²) in [6.07, 6.45) is 0. The minimum Gasteiger partial charge on any atom is -0.482 e. The van der Waals surface area contributed by atoms with E-state index in [1.54, 1.807) is 19.1 Å². The molecule has 172 valence electrons. The number of amides is 1. The van der Waals surface area contributed by atoms with E-state index in [-0.39, 0.29) is 35.4 Å². The van der Waals surface area contributed by atoms with Crippen molar-refractivity contribution in [3.8, 4) is 5.75 Å². The fourth-order valence-corrected chi connectivity index (χ4v) is 4.78. The molecule has 9 nitrogen and oxygen atoms in total. The smallest absolute Gasteiger partial charge is 0.338 e. The van der Waals surface area contributed by atoms with Crippen LogP contribution in [0.2, 0.25) is 5.02 Å². The summed E-state index contributed by atoms with van der Waals surface area (Å²) in [4.78, 5) is 23.9. The first kappa shape index (κ1) is 24.0. The molecule has 1 saturated heterocycles. The maximum absolute atomic E-state index is 13.0. The molecule has 1 fully saturated rings. The van der Waals surface area contributed by atoms with Gasteiger partial charge < -0.3 is 19.5 Å². The van der Waals surface area contributed by atoms with Crippen molar-refractivity contribution in [2.45, 2.75) is 11.8 Å². The van der Waals surface area contributed by atoms with Gasteiger partial charge in [-0.05, 0) is 49.4 Å². The van der Waals surface area contributed by atoms with Gasteiger partial charge in [-0.3, -0.25) is 4.79 Å². The van der Waals surface area contributed by atoms with Crippen LogP contribution >= 0.6 is 11.6 Å². The van der Waals surface area contributed by atoms with Crippen LogP contribution in [0.1, 0.15) is 17.3 Å². The minimum absolute atomic E-state index is 0.0219. The number of ether oxygens (including phenoxy) is 3. The van der Waals surface area contributed by atoms with Crippen LogP contribution in [-0.4, -0.2) is 64.1 Å². The maximum atomic E-state index is 13.0. The third-order valence-corrected chi connectivity index (χ3v) is 6.69. The second-order valence-corrected chi connectivity index (χ2v) is 9.08. The van der Waals surface area contributed by atoms with Crippen molar-refractivity contribution in [1.82, 2.24) is 4.31 Å². The lowest BCUT2D eigenvalue weighted by atomic mass is 10.2. The molecule has 11 heteroatoms. The average Bonchev–Trinajstić information content (AvgIpc) is 2.79. The largest absolute Gasteiger partial charge is 0.482 e. The van der Waals surface area contributed by atoms with Gasteiger partial charge in [0.15, 0.2) is 6.61 Å².